The molecule has 0 bridgehead atoms. The Kier molecular flexibility index (Phi) is 6.21. The molecular weight excluding hydrogens is 380 g/mol. The Balaban J connectivity index is 1.57. The van der Waals surface area contributed by atoms with Gasteiger partial charge in [-0.3, -0.25) is 4.79 Å². The van der Waals surface area contributed by atoms with Crippen molar-refractivity contribution >= 4 is 21.6 Å². The van der Waals surface area contributed by atoms with E-state index >= 15 is 0 Å². The van der Waals surface area contributed by atoms with E-state index in [0.29, 0.717) is 18.7 Å². The summed E-state index contributed by atoms with van der Waals surface area (Å²) >= 11 is 0. The van der Waals surface area contributed by atoms with Crippen molar-refractivity contribution in [3.63, 3.8) is 0 Å². The first-order valence-electron chi connectivity index (χ1n) is 9.08. The summed E-state index contributed by atoms with van der Waals surface area (Å²) in [5.41, 5.74) is 1.52. The summed E-state index contributed by atoms with van der Waals surface area (Å²) in [6.45, 7) is 2.82. The number of ether oxygens (including phenoxy) is 2. The van der Waals surface area contributed by atoms with Crippen LogP contribution in [0, 0.1) is 6.92 Å². The van der Waals surface area contributed by atoms with E-state index in [9.17, 15) is 13.2 Å². The molecule has 1 fully saturated rings. The molecule has 1 saturated heterocycles. The first-order valence-corrected chi connectivity index (χ1v) is 10.6. The van der Waals surface area contributed by atoms with Crippen molar-refractivity contribution in [2.75, 3.05) is 31.7 Å². The van der Waals surface area contributed by atoms with Gasteiger partial charge in [0.05, 0.1) is 12.0 Å². The van der Waals surface area contributed by atoms with Crippen LogP contribution >= 0.6 is 0 Å². The van der Waals surface area contributed by atoms with Crippen molar-refractivity contribution in [1.82, 2.24) is 4.72 Å². The van der Waals surface area contributed by atoms with Gasteiger partial charge >= 0.3 is 0 Å². The molecule has 0 unspecified atom stereocenters. The normalized spacial score (nSPS) is 14.4. The average molecular weight is 404 g/mol. The van der Waals surface area contributed by atoms with E-state index in [4.69, 9.17) is 9.47 Å². The SMILES string of the molecule is COc1ccc(OCCNS(=O)(=O)c2ccc(N3CCCC3=O)c(C)c2)cc1. The number of hydrogen-bond donors (Lipinski definition) is 1. The molecule has 1 N–H and O–H groups in total. The van der Waals surface area contributed by atoms with Crippen LogP contribution in [0.2, 0.25) is 0 Å². The molecule has 1 aliphatic heterocycles. The van der Waals surface area contributed by atoms with E-state index < -0.39 is 10.0 Å². The quantitative estimate of drug-likeness (QED) is 0.684. The minimum Gasteiger partial charge on any atom is -0.497 e. The van der Waals surface area contributed by atoms with Crippen LogP contribution in [0.5, 0.6) is 11.5 Å². The fourth-order valence-electron chi connectivity index (χ4n) is 3.10. The van der Waals surface area contributed by atoms with Gasteiger partial charge in [-0.1, -0.05) is 0 Å². The number of benzene rings is 2. The van der Waals surface area contributed by atoms with Crippen molar-refractivity contribution < 1.29 is 22.7 Å². The molecule has 1 aliphatic rings. The number of amides is 1. The highest BCUT2D eigenvalue weighted by Crippen LogP contribution is 2.27. The standard InChI is InChI=1S/C20H24N2O5S/c1-15-14-18(9-10-19(15)22-12-3-4-20(22)23)28(24,25)21-11-13-27-17-7-5-16(26-2)6-8-17/h5-10,14,21H,3-4,11-13H2,1-2H3. The van der Waals surface area contributed by atoms with Gasteiger partial charge in [-0.25, -0.2) is 13.1 Å². The molecule has 0 aliphatic carbocycles. The maximum Gasteiger partial charge on any atom is 0.240 e. The Morgan fingerprint density at radius 2 is 1.82 bits per heavy atom. The number of carbonyl (C=O) groups is 1. The van der Waals surface area contributed by atoms with Gasteiger partial charge in [-0.05, 0) is 61.4 Å². The molecule has 0 saturated carbocycles. The highest BCUT2D eigenvalue weighted by atomic mass is 32.2. The summed E-state index contributed by atoms with van der Waals surface area (Å²) in [5, 5.41) is 0. The van der Waals surface area contributed by atoms with Crippen LogP contribution in [0.25, 0.3) is 0 Å². The van der Waals surface area contributed by atoms with E-state index in [-0.39, 0.29) is 24.0 Å². The number of carbonyl (C=O) groups excluding carboxylic acids is 1. The number of rotatable bonds is 8. The number of sulfonamides is 1. The van der Waals surface area contributed by atoms with Crippen molar-refractivity contribution in [3.8, 4) is 11.5 Å². The average Bonchev–Trinajstić information content (AvgIpc) is 3.11. The van der Waals surface area contributed by atoms with Gasteiger partial charge in [-0.15, -0.1) is 0 Å². The second-order valence-electron chi connectivity index (χ2n) is 6.52. The molecular formula is C20H24N2O5S. The first kappa shape index (κ1) is 20.2. The van der Waals surface area contributed by atoms with E-state index in [1.807, 2.05) is 6.92 Å². The Labute approximate surface area is 165 Å². The van der Waals surface area contributed by atoms with Crippen molar-refractivity contribution in [1.29, 1.82) is 0 Å². The number of anilines is 1. The number of hydrogen-bond acceptors (Lipinski definition) is 5. The highest BCUT2D eigenvalue weighted by molar-refractivity contribution is 7.89. The monoisotopic (exact) mass is 404 g/mol. The molecule has 2 aromatic carbocycles. The van der Waals surface area contributed by atoms with Crippen LogP contribution in [-0.2, 0) is 14.8 Å². The fourth-order valence-corrected chi connectivity index (χ4v) is 4.20. The van der Waals surface area contributed by atoms with E-state index in [0.717, 1.165) is 23.4 Å². The molecule has 0 atom stereocenters. The summed E-state index contributed by atoms with van der Waals surface area (Å²) in [5.74, 6) is 1.44. The van der Waals surface area contributed by atoms with Crippen LogP contribution in [0.4, 0.5) is 5.69 Å². The molecule has 0 spiro atoms. The maximum atomic E-state index is 12.5. The van der Waals surface area contributed by atoms with Crippen molar-refractivity contribution in [3.05, 3.63) is 48.0 Å². The Hall–Kier alpha value is -2.58. The second-order valence-corrected chi connectivity index (χ2v) is 8.29. The molecule has 0 radical (unpaired) electrons. The number of nitrogens with zero attached hydrogens (tertiary/aromatic N) is 1. The summed E-state index contributed by atoms with van der Waals surface area (Å²) in [7, 11) is -2.07. The minimum atomic E-state index is -3.66. The smallest absolute Gasteiger partial charge is 0.240 e. The van der Waals surface area contributed by atoms with E-state index in [1.54, 1.807) is 48.4 Å². The minimum absolute atomic E-state index is 0.0764. The summed E-state index contributed by atoms with van der Waals surface area (Å²) in [6, 6.07) is 11.9. The molecule has 7 nitrogen and oxygen atoms in total. The van der Waals surface area contributed by atoms with Gasteiger partial charge in [0.2, 0.25) is 15.9 Å². The van der Waals surface area contributed by atoms with Gasteiger partial charge < -0.3 is 14.4 Å². The van der Waals surface area contributed by atoms with Crippen LogP contribution in [0.3, 0.4) is 0 Å². The Morgan fingerprint density at radius 3 is 2.43 bits per heavy atom. The summed E-state index contributed by atoms with van der Waals surface area (Å²) in [4.78, 5) is 13.8. The number of nitrogens with one attached hydrogen (secondary N) is 1. The summed E-state index contributed by atoms with van der Waals surface area (Å²) in [6.07, 6.45) is 1.36. The second kappa shape index (κ2) is 8.62. The molecule has 1 heterocycles. The highest BCUT2D eigenvalue weighted by Gasteiger charge is 2.24. The topological polar surface area (TPSA) is 84.9 Å². The van der Waals surface area contributed by atoms with E-state index in [2.05, 4.69) is 4.72 Å². The lowest BCUT2D eigenvalue weighted by molar-refractivity contribution is -0.117. The zero-order valence-electron chi connectivity index (χ0n) is 16.0. The zero-order chi connectivity index (χ0) is 20.1. The summed E-state index contributed by atoms with van der Waals surface area (Å²) < 4.78 is 38.2. The lowest BCUT2D eigenvalue weighted by Gasteiger charge is -2.19. The molecule has 0 aromatic heterocycles. The zero-order valence-corrected chi connectivity index (χ0v) is 16.8. The van der Waals surface area contributed by atoms with Crippen molar-refractivity contribution in [2.24, 2.45) is 0 Å². The van der Waals surface area contributed by atoms with Gasteiger partial charge in [0.1, 0.15) is 18.1 Å². The van der Waals surface area contributed by atoms with Crippen LogP contribution in [-0.4, -0.2) is 41.1 Å². The largest absolute Gasteiger partial charge is 0.497 e. The lowest BCUT2D eigenvalue weighted by Crippen LogP contribution is -2.29. The van der Waals surface area contributed by atoms with Crippen LogP contribution in [0.15, 0.2) is 47.4 Å². The van der Waals surface area contributed by atoms with Gasteiger partial charge in [0.25, 0.3) is 0 Å². The van der Waals surface area contributed by atoms with Gasteiger partial charge in [0.15, 0.2) is 0 Å². The fraction of sp³-hybridized carbons (Fsp3) is 0.350. The predicted octanol–water partition coefficient (Wildman–Crippen LogP) is 2.49. The molecule has 2 aromatic rings. The molecule has 3 rings (SSSR count). The first-order chi connectivity index (χ1) is 13.4. The molecule has 1 amide bonds. The van der Waals surface area contributed by atoms with Crippen LogP contribution < -0.4 is 19.1 Å². The third-order valence-electron chi connectivity index (χ3n) is 4.57. The Bertz CT molecular complexity index is 942. The molecule has 150 valence electrons. The maximum absolute atomic E-state index is 12.5. The van der Waals surface area contributed by atoms with Crippen molar-refractivity contribution in [2.45, 2.75) is 24.7 Å². The van der Waals surface area contributed by atoms with Gasteiger partial charge in [0, 0.05) is 25.2 Å². The number of methoxy groups -OCH3 is 1. The Morgan fingerprint density at radius 1 is 1.11 bits per heavy atom. The van der Waals surface area contributed by atoms with Crippen LogP contribution in [0.1, 0.15) is 18.4 Å². The molecule has 28 heavy (non-hydrogen) atoms. The number of aryl methyl sites for hydroxylation is 1. The lowest BCUT2D eigenvalue weighted by atomic mass is 10.2. The third-order valence-corrected chi connectivity index (χ3v) is 6.02. The van der Waals surface area contributed by atoms with Gasteiger partial charge in [-0.2, -0.15) is 0 Å². The van der Waals surface area contributed by atoms with E-state index in [1.165, 1.54) is 6.07 Å². The predicted molar refractivity (Wildman–Crippen MR) is 106 cm³/mol. The third kappa shape index (κ3) is 4.63. The molecule has 8 heteroatoms.